The molecule has 0 spiro atoms. The Balaban J connectivity index is 1.37. The Bertz CT molecular complexity index is 960. The Hall–Kier alpha value is -2.24. The molecular weight excluding hydrogens is 380 g/mol. The van der Waals surface area contributed by atoms with E-state index >= 15 is 0 Å². The van der Waals surface area contributed by atoms with Crippen LogP contribution in [0, 0.1) is 5.92 Å². The number of nitrogens with zero attached hydrogens (tertiary/aromatic N) is 2. The van der Waals surface area contributed by atoms with E-state index in [1.807, 2.05) is 47.4 Å². The molecule has 27 heavy (non-hydrogen) atoms. The maximum atomic E-state index is 12.8. The van der Waals surface area contributed by atoms with Gasteiger partial charge < -0.3 is 4.90 Å². The molecule has 1 fully saturated rings. The van der Waals surface area contributed by atoms with Crippen LogP contribution >= 0.6 is 22.9 Å². The quantitative estimate of drug-likeness (QED) is 0.603. The Morgan fingerprint density at radius 3 is 2.52 bits per heavy atom. The Morgan fingerprint density at radius 2 is 1.78 bits per heavy atom. The molecule has 4 nitrogen and oxygen atoms in total. The second-order valence-corrected chi connectivity index (χ2v) is 8.21. The number of aromatic nitrogens is 1. The highest BCUT2D eigenvalue weighted by atomic mass is 35.5. The van der Waals surface area contributed by atoms with Crippen LogP contribution in [0.1, 0.15) is 28.2 Å². The summed E-state index contributed by atoms with van der Waals surface area (Å²) in [5.41, 5.74) is 1.72. The van der Waals surface area contributed by atoms with E-state index in [0.29, 0.717) is 42.4 Å². The number of halogens is 1. The highest BCUT2D eigenvalue weighted by Crippen LogP contribution is 2.28. The normalized spacial score (nSPS) is 15.2. The van der Waals surface area contributed by atoms with E-state index in [0.717, 1.165) is 15.8 Å². The van der Waals surface area contributed by atoms with E-state index < -0.39 is 0 Å². The molecule has 0 atom stereocenters. The number of thiazole rings is 1. The monoisotopic (exact) mass is 398 g/mol. The summed E-state index contributed by atoms with van der Waals surface area (Å²) in [7, 11) is 0. The molecule has 3 aromatic rings. The summed E-state index contributed by atoms with van der Waals surface area (Å²) in [5.74, 6) is 0.110. The van der Waals surface area contributed by atoms with Crippen molar-refractivity contribution in [3.8, 4) is 0 Å². The molecule has 6 heteroatoms. The minimum Gasteiger partial charge on any atom is -0.342 e. The van der Waals surface area contributed by atoms with Gasteiger partial charge in [-0.15, -0.1) is 11.3 Å². The summed E-state index contributed by atoms with van der Waals surface area (Å²) >= 11 is 7.61. The standard InChI is InChI=1S/C21H19ClN2O2S/c22-16-6-2-1-5-15(16)13-19(25)24-11-9-14(10-12-24)20(26)21-23-17-7-3-4-8-18(17)27-21/h1-8,14H,9-13H2. The molecular formula is C21H19ClN2O2S. The number of Topliss-reactive ketones (excluding diaryl/α,β-unsaturated/α-hetero) is 1. The van der Waals surface area contributed by atoms with E-state index in [4.69, 9.17) is 11.6 Å². The fourth-order valence-corrected chi connectivity index (χ4v) is 4.65. The van der Waals surface area contributed by atoms with E-state index in [9.17, 15) is 9.59 Å². The van der Waals surface area contributed by atoms with Gasteiger partial charge >= 0.3 is 0 Å². The summed E-state index contributed by atoms with van der Waals surface area (Å²) in [6, 6.07) is 15.2. The van der Waals surface area contributed by atoms with Gasteiger partial charge in [-0.3, -0.25) is 9.59 Å². The summed E-state index contributed by atoms with van der Waals surface area (Å²) in [5, 5.41) is 1.20. The van der Waals surface area contributed by atoms with Gasteiger partial charge in [-0.2, -0.15) is 0 Å². The van der Waals surface area contributed by atoms with Crippen LogP contribution in [-0.2, 0) is 11.2 Å². The minimum absolute atomic E-state index is 0.0603. The number of para-hydroxylation sites is 1. The molecule has 1 aliphatic rings. The van der Waals surface area contributed by atoms with E-state index in [1.54, 1.807) is 6.07 Å². The number of likely N-dealkylation sites (tertiary alicyclic amines) is 1. The Kier molecular flexibility index (Phi) is 5.23. The lowest BCUT2D eigenvalue weighted by molar-refractivity contribution is -0.131. The summed E-state index contributed by atoms with van der Waals surface area (Å²) in [4.78, 5) is 31.7. The second-order valence-electron chi connectivity index (χ2n) is 6.77. The first kappa shape index (κ1) is 18.1. The maximum Gasteiger partial charge on any atom is 0.227 e. The van der Waals surface area contributed by atoms with Crippen LogP contribution < -0.4 is 0 Å². The third kappa shape index (κ3) is 3.89. The van der Waals surface area contributed by atoms with Crippen molar-refractivity contribution in [3.63, 3.8) is 0 Å². The van der Waals surface area contributed by atoms with Crippen LogP contribution in [0.15, 0.2) is 48.5 Å². The Morgan fingerprint density at radius 1 is 1.07 bits per heavy atom. The fourth-order valence-electron chi connectivity index (χ4n) is 3.46. The van der Waals surface area contributed by atoms with Crippen LogP contribution in [0.25, 0.3) is 10.2 Å². The zero-order valence-electron chi connectivity index (χ0n) is 14.7. The largest absolute Gasteiger partial charge is 0.342 e. The van der Waals surface area contributed by atoms with Gasteiger partial charge in [-0.1, -0.05) is 41.9 Å². The molecule has 0 N–H and O–H groups in total. The fraction of sp³-hybridized carbons (Fsp3) is 0.286. The first-order valence-electron chi connectivity index (χ1n) is 9.03. The van der Waals surface area contributed by atoms with Crippen molar-refractivity contribution >= 4 is 44.8 Å². The van der Waals surface area contributed by atoms with Crippen molar-refractivity contribution in [3.05, 3.63) is 64.1 Å². The minimum atomic E-state index is -0.0603. The van der Waals surface area contributed by atoms with Gasteiger partial charge in [0.15, 0.2) is 10.8 Å². The zero-order valence-corrected chi connectivity index (χ0v) is 16.3. The molecule has 2 heterocycles. The SMILES string of the molecule is O=C(c1nc2ccccc2s1)C1CCN(C(=O)Cc2ccccc2Cl)CC1. The van der Waals surface area contributed by atoms with Crippen LogP contribution in [0.3, 0.4) is 0 Å². The maximum absolute atomic E-state index is 12.8. The number of carbonyl (C=O) groups excluding carboxylic acids is 2. The van der Waals surface area contributed by atoms with Crippen molar-refractivity contribution in [2.75, 3.05) is 13.1 Å². The highest BCUT2D eigenvalue weighted by Gasteiger charge is 2.29. The molecule has 1 aliphatic heterocycles. The van der Waals surface area contributed by atoms with Gasteiger partial charge in [0.2, 0.25) is 5.91 Å². The van der Waals surface area contributed by atoms with Crippen molar-refractivity contribution in [2.45, 2.75) is 19.3 Å². The molecule has 0 aliphatic carbocycles. The lowest BCUT2D eigenvalue weighted by Gasteiger charge is -2.31. The second kappa shape index (κ2) is 7.79. The number of ketones is 1. The van der Waals surface area contributed by atoms with Crippen LogP contribution in [0.2, 0.25) is 5.02 Å². The van der Waals surface area contributed by atoms with E-state index in [-0.39, 0.29) is 17.6 Å². The van der Waals surface area contributed by atoms with Crippen LogP contribution in [-0.4, -0.2) is 34.7 Å². The number of rotatable bonds is 4. The predicted molar refractivity (Wildman–Crippen MR) is 108 cm³/mol. The third-order valence-corrected chi connectivity index (χ3v) is 6.44. The first-order chi connectivity index (χ1) is 13.1. The molecule has 1 saturated heterocycles. The van der Waals surface area contributed by atoms with Gasteiger partial charge in [0, 0.05) is 24.0 Å². The smallest absolute Gasteiger partial charge is 0.227 e. The van der Waals surface area contributed by atoms with Crippen molar-refractivity contribution in [2.24, 2.45) is 5.92 Å². The molecule has 1 amide bonds. The summed E-state index contributed by atoms with van der Waals surface area (Å²) in [6.45, 7) is 1.20. The van der Waals surface area contributed by atoms with Gasteiger partial charge in [0.05, 0.1) is 16.6 Å². The lowest BCUT2D eigenvalue weighted by atomic mass is 9.92. The van der Waals surface area contributed by atoms with Crippen molar-refractivity contribution in [1.82, 2.24) is 9.88 Å². The average Bonchev–Trinajstić information content (AvgIpc) is 3.13. The lowest BCUT2D eigenvalue weighted by Crippen LogP contribution is -2.41. The number of benzene rings is 2. The Labute approximate surface area is 166 Å². The van der Waals surface area contributed by atoms with Gasteiger partial charge in [0.25, 0.3) is 0 Å². The molecule has 1 aromatic heterocycles. The number of hydrogen-bond acceptors (Lipinski definition) is 4. The highest BCUT2D eigenvalue weighted by molar-refractivity contribution is 7.20. The molecule has 138 valence electrons. The molecule has 4 rings (SSSR count). The van der Waals surface area contributed by atoms with Gasteiger partial charge in [0.1, 0.15) is 0 Å². The first-order valence-corrected chi connectivity index (χ1v) is 10.2. The molecule has 0 bridgehead atoms. The van der Waals surface area contributed by atoms with Crippen molar-refractivity contribution in [1.29, 1.82) is 0 Å². The predicted octanol–water partition coefficient (Wildman–Crippen LogP) is 4.61. The van der Waals surface area contributed by atoms with E-state index in [1.165, 1.54) is 11.3 Å². The average molecular weight is 399 g/mol. The summed E-state index contributed by atoms with van der Waals surface area (Å²) in [6.07, 6.45) is 1.67. The molecule has 2 aromatic carbocycles. The topological polar surface area (TPSA) is 50.3 Å². The molecule has 0 saturated carbocycles. The third-order valence-electron chi connectivity index (χ3n) is 5.02. The van der Waals surface area contributed by atoms with Gasteiger partial charge in [-0.05, 0) is 36.6 Å². The number of fused-ring (bicyclic) bond motifs is 1. The van der Waals surface area contributed by atoms with Crippen LogP contribution in [0.4, 0.5) is 0 Å². The van der Waals surface area contributed by atoms with E-state index in [2.05, 4.69) is 4.98 Å². The number of hydrogen-bond donors (Lipinski definition) is 0. The zero-order chi connectivity index (χ0) is 18.8. The van der Waals surface area contributed by atoms with Gasteiger partial charge in [-0.25, -0.2) is 4.98 Å². The van der Waals surface area contributed by atoms with Crippen LogP contribution in [0.5, 0.6) is 0 Å². The van der Waals surface area contributed by atoms with Crippen molar-refractivity contribution < 1.29 is 9.59 Å². The summed E-state index contributed by atoms with van der Waals surface area (Å²) < 4.78 is 1.04. The number of carbonyl (C=O) groups is 2. The number of piperidine rings is 1. The molecule has 0 unspecified atom stereocenters. The number of amides is 1. The molecule has 0 radical (unpaired) electrons.